The van der Waals surface area contributed by atoms with E-state index in [1.54, 1.807) is 9.58 Å². The molecule has 7 nitrogen and oxygen atoms in total. The largest absolute Gasteiger partial charge is 0.507 e. The van der Waals surface area contributed by atoms with E-state index in [0.29, 0.717) is 22.1 Å². The number of rotatable bonds is 4. The number of aromatic amines is 1. The lowest BCUT2D eigenvalue weighted by atomic mass is 9.78. The number of amides is 1. The SMILES string of the molecule is CCCSc1n[n+]2c(c(=O)[nH]1)-c1ccccc1N(C(C)=O)[C@H]2c1cc(C(C)(C)C)c(O)c(C(C)(C)C)c1. The molecule has 196 valence electrons. The Morgan fingerprint density at radius 2 is 1.70 bits per heavy atom. The van der Waals surface area contributed by atoms with Crippen LogP contribution in [-0.4, -0.2) is 26.8 Å². The molecular formula is C29H37N4O3S+. The summed E-state index contributed by atoms with van der Waals surface area (Å²) in [7, 11) is 0. The number of thioether (sulfide) groups is 1. The Kier molecular flexibility index (Phi) is 7.01. The lowest BCUT2D eigenvalue weighted by Gasteiger charge is -2.33. The molecule has 3 aromatic rings. The first-order valence-corrected chi connectivity index (χ1v) is 13.7. The Hall–Kier alpha value is -3.13. The van der Waals surface area contributed by atoms with Gasteiger partial charge >= 0.3 is 11.3 Å². The van der Waals surface area contributed by atoms with E-state index in [4.69, 9.17) is 5.10 Å². The molecule has 0 spiro atoms. The summed E-state index contributed by atoms with van der Waals surface area (Å²) in [5, 5.41) is 16.7. The lowest BCUT2D eigenvalue weighted by Crippen LogP contribution is -2.60. The summed E-state index contributed by atoms with van der Waals surface area (Å²) in [6, 6.07) is 11.3. The van der Waals surface area contributed by atoms with Gasteiger partial charge in [0.1, 0.15) is 5.75 Å². The Labute approximate surface area is 222 Å². The monoisotopic (exact) mass is 521 g/mol. The quantitative estimate of drug-likeness (QED) is 0.352. The fourth-order valence-corrected chi connectivity index (χ4v) is 5.53. The molecule has 0 saturated heterocycles. The van der Waals surface area contributed by atoms with Gasteiger partial charge in [-0.05, 0) is 46.2 Å². The predicted octanol–water partition coefficient (Wildman–Crippen LogP) is 5.44. The number of aromatic hydroxyl groups is 1. The van der Waals surface area contributed by atoms with Crippen molar-refractivity contribution in [2.24, 2.45) is 0 Å². The molecule has 0 aliphatic carbocycles. The first kappa shape index (κ1) is 26.9. The van der Waals surface area contributed by atoms with E-state index in [9.17, 15) is 14.7 Å². The van der Waals surface area contributed by atoms with Crippen LogP contribution in [0.3, 0.4) is 0 Å². The first-order chi connectivity index (χ1) is 17.3. The topological polar surface area (TPSA) is 90.2 Å². The highest BCUT2D eigenvalue weighted by atomic mass is 32.2. The summed E-state index contributed by atoms with van der Waals surface area (Å²) in [4.78, 5) is 31.4. The fraction of sp³-hybridized carbons (Fsp3) is 0.448. The third-order valence-corrected chi connectivity index (χ3v) is 7.66. The predicted molar refractivity (Wildman–Crippen MR) is 148 cm³/mol. The van der Waals surface area contributed by atoms with E-state index in [-0.39, 0.29) is 28.0 Å². The number of aromatic nitrogens is 3. The Morgan fingerprint density at radius 3 is 2.24 bits per heavy atom. The van der Waals surface area contributed by atoms with E-state index in [0.717, 1.165) is 28.9 Å². The molecule has 2 N–H and O–H groups in total. The van der Waals surface area contributed by atoms with Gasteiger partial charge in [-0.1, -0.05) is 72.4 Å². The van der Waals surface area contributed by atoms with Crippen LogP contribution in [0.5, 0.6) is 5.75 Å². The third-order valence-electron chi connectivity index (χ3n) is 6.59. The van der Waals surface area contributed by atoms with Gasteiger partial charge in [-0.2, -0.15) is 0 Å². The molecule has 1 aromatic heterocycles. The van der Waals surface area contributed by atoms with Gasteiger partial charge in [0.2, 0.25) is 11.1 Å². The van der Waals surface area contributed by atoms with Crippen molar-refractivity contribution < 1.29 is 14.6 Å². The van der Waals surface area contributed by atoms with Gasteiger partial charge in [-0.25, -0.2) is 4.90 Å². The minimum atomic E-state index is -0.700. The van der Waals surface area contributed by atoms with Crippen molar-refractivity contribution in [3.8, 4) is 17.0 Å². The number of carbonyl (C=O) groups excluding carboxylic acids is 1. The van der Waals surface area contributed by atoms with Crippen LogP contribution in [0, 0.1) is 0 Å². The van der Waals surface area contributed by atoms with Gasteiger partial charge < -0.3 is 5.11 Å². The Bertz CT molecular complexity index is 1380. The highest BCUT2D eigenvalue weighted by molar-refractivity contribution is 7.99. The van der Waals surface area contributed by atoms with Crippen LogP contribution in [0.2, 0.25) is 0 Å². The van der Waals surface area contributed by atoms with Crippen LogP contribution in [0.15, 0.2) is 46.3 Å². The van der Waals surface area contributed by atoms with Crippen molar-refractivity contribution in [1.82, 2.24) is 10.1 Å². The molecular weight excluding hydrogens is 484 g/mol. The van der Waals surface area contributed by atoms with Gasteiger partial charge in [0.05, 0.1) is 11.3 Å². The highest BCUT2D eigenvalue weighted by Gasteiger charge is 2.46. The fourth-order valence-electron chi connectivity index (χ4n) is 4.83. The van der Waals surface area contributed by atoms with Crippen LogP contribution < -0.4 is 15.1 Å². The van der Waals surface area contributed by atoms with Crippen LogP contribution >= 0.6 is 11.8 Å². The Morgan fingerprint density at radius 1 is 1.11 bits per heavy atom. The number of hydrogen-bond acceptors (Lipinski definition) is 5. The second-order valence-electron chi connectivity index (χ2n) is 11.6. The number of nitrogens with one attached hydrogen (secondary N) is 1. The van der Waals surface area contributed by atoms with E-state index >= 15 is 0 Å². The number of H-pyrrole nitrogens is 1. The average molecular weight is 522 g/mol. The second-order valence-corrected chi connectivity index (χ2v) is 12.7. The van der Waals surface area contributed by atoms with E-state index in [1.165, 1.54) is 18.7 Å². The molecule has 4 rings (SSSR count). The molecule has 37 heavy (non-hydrogen) atoms. The van der Waals surface area contributed by atoms with Crippen molar-refractivity contribution in [3.05, 3.63) is 63.4 Å². The van der Waals surface area contributed by atoms with Gasteiger partial charge in [0.15, 0.2) is 0 Å². The van der Waals surface area contributed by atoms with Gasteiger partial charge in [-0.15, -0.1) is 0 Å². The number of carbonyl (C=O) groups is 1. The zero-order chi connectivity index (χ0) is 27.3. The standard InChI is InChI=1S/C29H36N4O3S/c1-9-14-37-27-30-25(36)23-19-12-10-11-13-22(19)32(17(2)34)26(33(23)31-27)18-15-20(28(3,4)5)24(35)21(16-18)29(6,7)8/h10-13,15-16,26H,9,14H2,1-8H3,(H-,30,31,35,36)/p+1/t26-/m1/s1. The molecule has 2 aromatic carbocycles. The molecule has 0 bridgehead atoms. The number of anilines is 1. The summed E-state index contributed by atoms with van der Waals surface area (Å²) < 4.78 is 1.69. The number of nitrogens with zero attached hydrogens (tertiary/aromatic N) is 3. The van der Waals surface area contributed by atoms with Crippen molar-refractivity contribution in [1.29, 1.82) is 0 Å². The summed E-state index contributed by atoms with van der Waals surface area (Å²) in [6.07, 6.45) is 0.234. The van der Waals surface area contributed by atoms with E-state index < -0.39 is 6.17 Å². The summed E-state index contributed by atoms with van der Waals surface area (Å²) in [5.41, 5.74) is 3.10. The van der Waals surface area contributed by atoms with Crippen LogP contribution in [0.4, 0.5) is 5.69 Å². The molecule has 8 heteroatoms. The van der Waals surface area contributed by atoms with E-state index in [2.05, 4.69) is 53.5 Å². The summed E-state index contributed by atoms with van der Waals surface area (Å²) >= 11 is 1.48. The molecule has 2 heterocycles. The number of benzene rings is 2. The lowest BCUT2D eigenvalue weighted by molar-refractivity contribution is -0.763. The molecule has 1 aliphatic heterocycles. The molecule has 0 radical (unpaired) electrons. The smallest absolute Gasteiger partial charge is 0.325 e. The summed E-state index contributed by atoms with van der Waals surface area (Å²) in [5.74, 6) is 0.905. The number of fused-ring (bicyclic) bond motifs is 3. The van der Waals surface area contributed by atoms with E-state index in [1.807, 2.05) is 36.4 Å². The maximum Gasteiger partial charge on any atom is 0.325 e. The molecule has 1 aliphatic rings. The molecule has 1 atom stereocenters. The number of phenolic OH excluding ortho intramolecular Hbond substituents is 1. The van der Waals surface area contributed by atoms with Crippen LogP contribution in [-0.2, 0) is 15.6 Å². The van der Waals surface area contributed by atoms with Gasteiger partial charge in [0.25, 0.3) is 6.17 Å². The number of para-hydroxylation sites is 1. The zero-order valence-electron chi connectivity index (χ0n) is 23.0. The maximum absolute atomic E-state index is 13.5. The van der Waals surface area contributed by atoms with Crippen LogP contribution in [0.1, 0.15) is 84.7 Å². The first-order valence-electron chi connectivity index (χ1n) is 12.7. The maximum atomic E-state index is 13.5. The average Bonchev–Trinajstić information content (AvgIpc) is 2.80. The van der Waals surface area contributed by atoms with Crippen molar-refractivity contribution in [3.63, 3.8) is 0 Å². The molecule has 0 unspecified atom stereocenters. The van der Waals surface area contributed by atoms with Gasteiger partial charge in [0, 0.05) is 34.5 Å². The Balaban J connectivity index is 2.12. The normalized spacial score (nSPS) is 15.4. The number of hydrogen-bond donors (Lipinski definition) is 2. The van der Waals surface area contributed by atoms with Crippen molar-refractivity contribution in [2.45, 2.75) is 84.0 Å². The molecule has 0 saturated carbocycles. The number of phenols is 1. The third kappa shape index (κ3) is 4.91. The molecule has 1 amide bonds. The highest BCUT2D eigenvalue weighted by Crippen LogP contribution is 2.43. The minimum Gasteiger partial charge on any atom is -0.507 e. The zero-order valence-corrected chi connectivity index (χ0v) is 23.8. The second kappa shape index (κ2) is 9.63. The summed E-state index contributed by atoms with van der Waals surface area (Å²) in [6.45, 7) is 15.9. The van der Waals surface area contributed by atoms with Crippen LogP contribution in [0.25, 0.3) is 11.3 Å². The van der Waals surface area contributed by atoms with Crippen molar-refractivity contribution >= 4 is 23.4 Å². The molecule has 0 fully saturated rings. The van der Waals surface area contributed by atoms with Gasteiger partial charge in [-0.3, -0.25) is 14.6 Å². The van der Waals surface area contributed by atoms with Crippen molar-refractivity contribution in [2.75, 3.05) is 10.7 Å². The minimum absolute atomic E-state index is 0.164.